The number of hydrogen-bond donors (Lipinski definition) is 2. The molecule has 2 aromatic carbocycles. The van der Waals surface area contributed by atoms with E-state index in [1.165, 1.54) is 0 Å². The molecule has 0 fully saturated rings. The van der Waals surface area contributed by atoms with E-state index in [0.717, 1.165) is 12.0 Å². The fourth-order valence-electron chi connectivity index (χ4n) is 2.63. The summed E-state index contributed by atoms with van der Waals surface area (Å²) in [4.78, 5) is 24.4. The predicted molar refractivity (Wildman–Crippen MR) is 121 cm³/mol. The second kappa shape index (κ2) is 11.6. The zero-order valence-electron chi connectivity index (χ0n) is 17.8. The lowest BCUT2D eigenvalue weighted by Gasteiger charge is -2.14. The summed E-state index contributed by atoms with van der Waals surface area (Å²) in [5, 5.41) is 0. The van der Waals surface area contributed by atoms with Crippen LogP contribution in [0.15, 0.2) is 46.9 Å². The SMILES string of the molecule is CC(C)CCOc1ccc(C(=O)NNC(=O)COc2ccccc2C(C)C)cc1Br. The Morgan fingerprint density at radius 1 is 0.967 bits per heavy atom. The molecule has 0 aliphatic heterocycles. The Labute approximate surface area is 186 Å². The summed E-state index contributed by atoms with van der Waals surface area (Å²) in [6.07, 6.45) is 0.949. The second-order valence-corrected chi connectivity index (χ2v) is 8.51. The lowest BCUT2D eigenvalue weighted by Crippen LogP contribution is -2.43. The summed E-state index contributed by atoms with van der Waals surface area (Å²) in [6, 6.07) is 12.6. The van der Waals surface area contributed by atoms with Crippen molar-refractivity contribution >= 4 is 27.7 Å². The summed E-state index contributed by atoms with van der Waals surface area (Å²) < 4.78 is 12.0. The van der Waals surface area contributed by atoms with E-state index in [1.54, 1.807) is 18.2 Å². The van der Waals surface area contributed by atoms with Crippen LogP contribution in [0.2, 0.25) is 0 Å². The fourth-order valence-corrected chi connectivity index (χ4v) is 3.12. The molecule has 0 aromatic heterocycles. The number of ether oxygens (including phenoxy) is 2. The lowest BCUT2D eigenvalue weighted by molar-refractivity contribution is -0.123. The first-order valence-electron chi connectivity index (χ1n) is 10.0. The highest BCUT2D eigenvalue weighted by molar-refractivity contribution is 9.10. The number of benzene rings is 2. The maximum atomic E-state index is 12.3. The third-order valence-electron chi connectivity index (χ3n) is 4.36. The first-order valence-corrected chi connectivity index (χ1v) is 10.8. The molecule has 0 radical (unpaired) electrons. The number of rotatable bonds is 9. The van der Waals surface area contributed by atoms with Gasteiger partial charge in [0.05, 0.1) is 11.1 Å². The maximum Gasteiger partial charge on any atom is 0.276 e. The molecule has 7 heteroatoms. The molecule has 0 spiro atoms. The van der Waals surface area contributed by atoms with Gasteiger partial charge in [0.1, 0.15) is 11.5 Å². The Hall–Kier alpha value is -2.54. The van der Waals surface area contributed by atoms with Crippen molar-refractivity contribution in [2.45, 2.75) is 40.0 Å². The number of para-hydroxylation sites is 1. The number of hydrazine groups is 1. The van der Waals surface area contributed by atoms with E-state index in [4.69, 9.17) is 9.47 Å². The molecule has 162 valence electrons. The average Bonchev–Trinajstić information content (AvgIpc) is 2.71. The molecule has 0 atom stereocenters. The quantitative estimate of drug-likeness (QED) is 0.507. The summed E-state index contributed by atoms with van der Waals surface area (Å²) in [5.74, 6) is 1.29. The van der Waals surface area contributed by atoms with Crippen molar-refractivity contribution in [2.75, 3.05) is 13.2 Å². The van der Waals surface area contributed by atoms with E-state index in [1.807, 2.05) is 24.3 Å². The molecule has 0 unspecified atom stereocenters. The Morgan fingerprint density at radius 3 is 2.37 bits per heavy atom. The molecule has 6 nitrogen and oxygen atoms in total. The topological polar surface area (TPSA) is 76.7 Å². The van der Waals surface area contributed by atoms with Crippen molar-refractivity contribution in [1.29, 1.82) is 0 Å². The minimum atomic E-state index is -0.449. The van der Waals surface area contributed by atoms with E-state index >= 15 is 0 Å². The Morgan fingerprint density at radius 2 is 1.70 bits per heavy atom. The van der Waals surface area contributed by atoms with Gasteiger partial charge in [-0.25, -0.2) is 0 Å². The van der Waals surface area contributed by atoms with Gasteiger partial charge in [-0.15, -0.1) is 0 Å². The Balaban J connectivity index is 1.83. The van der Waals surface area contributed by atoms with Gasteiger partial charge in [0.15, 0.2) is 6.61 Å². The summed E-state index contributed by atoms with van der Waals surface area (Å²) in [7, 11) is 0. The number of halogens is 1. The monoisotopic (exact) mass is 476 g/mol. The van der Waals surface area contributed by atoms with Gasteiger partial charge >= 0.3 is 0 Å². The van der Waals surface area contributed by atoms with Crippen molar-refractivity contribution in [3.8, 4) is 11.5 Å². The molecule has 0 heterocycles. The number of carbonyl (C=O) groups excluding carboxylic acids is 2. The molecule has 30 heavy (non-hydrogen) atoms. The molecular formula is C23H29BrN2O4. The van der Waals surface area contributed by atoms with Gasteiger partial charge in [0.25, 0.3) is 11.8 Å². The van der Waals surface area contributed by atoms with E-state index in [9.17, 15) is 9.59 Å². The van der Waals surface area contributed by atoms with Crippen molar-refractivity contribution in [2.24, 2.45) is 5.92 Å². The van der Waals surface area contributed by atoms with E-state index < -0.39 is 11.8 Å². The molecular weight excluding hydrogens is 448 g/mol. The molecule has 2 aromatic rings. The molecule has 2 rings (SSSR count). The van der Waals surface area contributed by atoms with E-state index in [-0.39, 0.29) is 12.5 Å². The largest absolute Gasteiger partial charge is 0.492 e. The molecule has 0 saturated heterocycles. The van der Waals surface area contributed by atoms with Gasteiger partial charge in [-0.1, -0.05) is 45.9 Å². The standard InChI is InChI=1S/C23H29BrN2O4/c1-15(2)11-12-29-21-10-9-17(13-19(21)24)23(28)26-25-22(27)14-30-20-8-6-5-7-18(20)16(3)4/h5-10,13,15-16H,11-12,14H2,1-4H3,(H,25,27)(H,26,28). The first kappa shape index (κ1) is 23.7. The van der Waals surface area contributed by atoms with Gasteiger partial charge in [-0.3, -0.25) is 20.4 Å². The van der Waals surface area contributed by atoms with Gasteiger partial charge in [0, 0.05) is 5.56 Å². The highest BCUT2D eigenvalue weighted by atomic mass is 79.9. The van der Waals surface area contributed by atoms with Crippen LogP contribution in [0.25, 0.3) is 0 Å². The van der Waals surface area contributed by atoms with Crippen LogP contribution in [0.3, 0.4) is 0 Å². The minimum absolute atomic E-state index is 0.198. The van der Waals surface area contributed by atoms with E-state index in [0.29, 0.717) is 34.1 Å². The van der Waals surface area contributed by atoms with Gasteiger partial charge in [-0.05, 0) is 64.0 Å². The van der Waals surface area contributed by atoms with Crippen molar-refractivity contribution in [1.82, 2.24) is 10.9 Å². The predicted octanol–water partition coefficient (Wildman–Crippen LogP) is 4.84. The summed E-state index contributed by atoms with van der Waals surface area (Å²) in [5.41, 5.74) is 6.18. The average molecular weight is 477 g/mol. The molecule has 0 aliphatic carbocycles. The van der Waals surface area contributed by atoms with Crippen molar-refractivity contribution in [3.63, 3.8) is 0 Å². The highest BCUT2D eigenvalue weighted by Gasteiger charge is 2.12. The van der Waals surface area contributed by atoms with Crippen LogP contribution >= 0.6 is 15.9 Å². The Kier molecular flexibility index (Phi) is 9.17. The van der Waals surface area contributed by atoms with Crippen LogP contribution < -0.4 is 20.3 Å². The molecule has 2 N–H and O–H groups in total. The van der Waals surface area contributed by atoms with Crippen LogP contribution in [-0.4, -0.2) is 25.0 Å². The van der Waals surface area contributed by atoms with Crippen LogP contribution in [0.5, 0.6) is 11.5 Å². The van der Waals surface area contributed by atoms with Crippen LogP contribution in [0.4, 0.5) is 0 Å². The molecule has 0 bridgehead atoms. The number of hydrogen-bond acceptors (Lipinski definition) is 4. The minimum Gasteiger partial charge on any atom is -0.492 e. The highest BCUT2D eigenvalue weighted by Crippen LogP contribution is 2.27. The number of nitrogens with one attached hydrogen (secondary N) is 2. The zero-order chi connectivity index (χ0) is 22.1. The van der Waals surface area contributed by atoms with Gasteiger partial charge in [0.2, 0.25) is 0 Å². The van der Waals surface area contributed by atoms with Crippen LogP contribution in [0.1, 0.15) is 56.0 Å². The van der Waals surface area contributed by atoms with Gasteiger partial charge < -0.3 is 9.47 Å². The molecule has 0 aliphatic rings. The van der Waals surface area contributed by atoms with Crippen LogP contribution in [-0.2, 0) is 4.79 Å². The lowest BCUT2D eigenvalue weighted by atomic mass is 10.0. The smallest absolute Gasteiger partial charge is 0.276 e. The molecule has 0 saturated carbocycles. The molecule has 2 amide bonds. The summed E-state index contributed by atoms with van der Waals surface area (Å²) >= 11 is 3.42. The Bertz CT molecular complexity index is 868. The van der Waals surface area contributed by atoms with Gasteiger partial charge in [-0.2, -0.15) is 0 Å². The third kappa shape index (κ3) is 7.37. The van der Waals surface area contributed by atoms with Crippen molar-refractivity contribution in [3.05, 3.63) is 58.1 Å². The van der Waals surface area contributed by atoms with Crippen LogP contribution in [0, 0.1) is 5.92 Å². The number of amides is 2. The van der Waals surface area contributed by atoms with E-state index in [2.05, 4.69) is 54.5 Å². The first-order chi connectivity index (χ1) is 14.3. The fraction of sp³-hybridized carbons (Fsp3) is 0.391. The zero-order valence-corrected chi connectivity index (χ0v) is 19.4. The summed E-state index contributed by atoms with van der Waals surface area (Å²) in [6.45, 7) is 8.79. The van der Waals surface area contributed by atoms with Crippen molar-refractivity contribution < 1.29 is 19.1 Å². The maximum absolute atomic E-state index is 12.3. The normalized spacial score (nSPS) is 10.8. The third-order valence-corrected chi connectivity index (χ3v) is 4.98. The second-order valence-electron chi connectivity index (χ2n) is 7.66. The number of carbonyl (C=O) groups is 2.